The number of ether oxygens (including phenoxy) is 1. The smallest absolute Gasteiger partial charge is 0.342 e. The van der Waals surface area contributed by atoms with Crippen molar-refractivity contribution in [1.82, 2.24) is 4.90 Å². The summed E-state index contributed by atoms with van der Waals surface area (Å²) in [5.41, 5.74) is 1.60. The van der Waals surface area contributed by atoms with E-state index in [1.807, 2.05) is 6.08 Å². The average Bonchev–Trinajstić information content (AvgIpc) is 2.80. The third-order valence-corrected chi connectivity index (χ3v) is 6.11. The van der Waals surface area contributed by atoms with Crippen LogP contribution in [0.15, 0.2) is 23.4 Å². The summed E-state index contributed by atoms with van der Waals surface area (Å²) in [4.78, 5) is 32.4. The van der Waals surface area contributed by atoms with E-state index in [1.54, 1.807) is 11.8 Å². The molecule has 1 amide bonds. The van der Waals surface area contributed by atoms with Crippen molar-refractivity contribution in [1.29, 1.82) is 0 Å². The Morgan fingerprint density at radius 3 is 2.64 bits per heavy atom. The summed E-state index contributed by atoms with van der Waals surface area (Å²) in [7, 11) is 0. The van der Waals surface area contributed by atoms with Crippen molar-refractivity contribution in [2.24, 2.45) is 5.16 Å². The second-order valence-corrected chi connectivity index (χ2v) is 8.58. The molecule has 180 valence electrons. The minimum atomic E-state index is -0.642. The van der Waals surface area contributed by atoms with Crippen molar-refractivity contribution in [3.05, 3.63) is 34.9 Å². The van der Waals surface area contributed by atoms with Crippen molar-refractivity contribution >= 4 is 17.6 Å². The number of fused-ring (bicyclic) bond motifs is 1. The number of oxime groups is 1. The van der Waals surface area contributed by atoms with Crippen LogP contribution in [-0.4, -0.2) is 59.0 Å². The van der Waals surface area contributed by atoms with Crippen molar-refractivity contribution in [2.75, 3.05) is 26.3 Å². The average molecular weight is 459 g/mol. The number of piperidine rings is 1. The highest BCUT2D eigenvalue weighted by Gasteiger charge is 2.24. The molecule has 8 heteroatoms. The summed E-state index contributed by atoms with van der Waals surface area (Å²) in [5.74, 6) is -1.16. The number of carbonyl (C=O) groups is 2. The van der Waals surface area contributed by atoms with Gasteiger partial charge in [0.05, 0.1) is 12.3 Å². The molecule has 0 unspecified atom stereocenters. The van der Waals surface area contributed by atoms with Crippen LogP contribution in [0.1, 0.15) is 72.9 Å². The van der Waals surface area contributed by atoms with Gasteiger partial charge in [-0.15, -0.1) is 0 Å². The summed E-state index contributed by atoms with van der Waals surface area (Å²) in [6, 6.07) is 1.16. The Labute approximate surface area is 194 Å². The number of benzene rings is 1. The van der Waals surface area contributed by atoms with Crippen molar-refractivity contribution in [3.8, 4) is 11.5 Å². The SMILES string of the molecule is Cc1c(O)cc(O)c2c1C/C(=N\OCC(=O)N1CCCCC1)CCCC/C=C/CCOC2=O. The maximum atomic E-state index is 12.7. The van der Waals surface area contributed by atoms with Crippen LogP contribution >= 0.6 is 0 Å². The number of nitrogens with zero attached hydrogens (tertiary/aromatic N) is 2. The van der Waals surface area contributed by atoms with E-state index in [9.17, 15) is 19.8 Å². The maximum absolute atomic E-state index is 12.7. The van der Waals surface area contributed by atoms with Crippen molar-refractivity contribution in [2.45, 2.75) is 64.7 Å². The van der Waals surface area contributed by atoms with Gasteiger partial charge in [-0.25, -0.2) is 4.79 Å². The van der Waals surface area contributed by atoms with Gasteiger partial charge in [-0.3, -0.25) is 4.79 Å². The van der Waals surface area contributed by atoms with Gasteiger partial charge in [-0.05, 0) is 69.4 Å². The number of esters is 1. The first kappa shape index (κ1) is 24.6. The Morgan fingerprint density at radius 1 is 1.09 bits per heavy atom. The number of phenols is 2. The molecule has 0 bridgehead atoms. The molecule has 3 rings (SSSR count). The van der Waals surface area contributed by atoms with Crippen LogP contribution in [0, 0.1) is 6.92 Å². The van der Waals surface area contributed by atoms with Crippen LogP contribution in [0.4, 0.5) is 0 Å². The van der Waals surface area contributed by atoms with Crippen LogP contribution in [0.2, 0.25) is 0 Å². The molecular weight excluding hydrogens is 424 g/mol. The van der Waals surface area contributed by atoms with Crippen molar-refractivity contribution in [3.63, 3.8) is 0 Å². The van der Waals surface area contributed by atoms with Gasteiger partial charge < -0.3 is 24.7 Å². The lowest BCUT2D eigenvalue weighted by atomic mass is 9.93. The fraction of sp³-hybridized carbons (Fsp3) is 0.560. The van der Waals surface area contributed by atoms with Gasteiger partial charge in [0.2, 0.25) is 0 Å². The summed E-state index contributed by atoms with van der Waals surface area (Å²) in [6.07, 6.45) is 11.3. The fourth-order valence-electron chi connectivity index (χ4n) is 4.16. The van der Waals surface area contributed by atoms with Crippen LogP contribution in [0.25, 0.3) is 0 Å². The summed E-state index contributed by atoms with van der Waals surface area (Å²) in [6.45, 7) is 3.26. The molecule has 1 saturated heterocycles. The topological polar surface area (TPSA) is 109 Å². The predicted molar refractivity (Wildman–Crippen MR) is 125 cm³/mol. The molecule has 0 atom stereocenters. The minimum Gasteiger partial charge on any atom is -0.508 e. The van der Waals surface area contributed by atoms with Crippen LogP contribution in [-0.2, 0) is 20.8 Å². The number of hydrogen-bond donors (Lipinski definition) is 2. The monoisotopic (exact) mass is 458 g/mol. The molecule has 0 saturated carbocycles. The number of cyclic esters (lactones) is 1. The molecule has 1 fully saturated rings. The van der Waals surface area contributed by atoms with Crippen LogP contribution in [0.3, 0.4) is 0 Å². The predicted octanol–water partition coefficient (Wildman–Crippen LogP) is 4.01. The molecule has 0 radical (unpaired) electrons. The van der Waals surface area contributed by atoms with E-state index in [4.69, 9.17) is 9.57 Å². The van der Waals surface area contributed by atoms with Crippen molar-refractivity contribution < 1.29 is 29.4 Å². The molecule has 33 heavy (non-hydrogen) atoms. The van der Waals surface area contributed by atoms with Gasteiger partial charge >= 0.3 is 5.97 Å². The number of carbonyl (C=O) groups excluding carboxylic acids is 2. The van der Waals surface area contributed by atoms with E-state index in [2.05, 4.69) is 11.2 Å². The number of allylic oxidation sites excluding steroid dienone is 1. The number of hydrogen-bond acceptors (Lipinski definition) is 7. The Bertz CT molecular complexity index is 903. The van der Waals surface area contributed by atoms with Crippen LogP contribution < -0.4 is 0 Å². The second kappa shape index (κ2) is 12.3. The van der Waals surface area contributed by atoms with E-state index in [0.717, 1.165) is 57.7 Å². The highest BCUT2D eigenvalue weighted by molar-refractivity contribution is 5.98. The van der Waals surface area contributed by atoms with E-state index in [-0.39, 0.29) is 42.6 Å². The normalized spacial score (nSPS) is 20.5. The third-order valence-electron chi connectivity index (χ3n) is 6.11. The Hall–Kier alpha value is -3.03. The first-order valence-corrected chi connectivity index (χ1v) is 11.8. The largest absolute Gasteiger partial charge is 0.508 e. The Balaban J connectivity index is 1.82. The summed E-state index contributed by atoms with van der Waals surface area (Å²) >= 11 is 0. The Morgan fingerprint density at radius 2 is 1.85 bits per heavy atom. The number of amides is 1. The lowest BCUT2D eigenvalue weighted by Crippen LogP contribution is -2.37. The van der Waals surface area contributed by atoms with E-state index in [0.29, 0.717) is 29.7 Å². The van der Waals surface area contributed by atoms with E-state index in [1.165, 1.54) is 0 Å². The first-order valence-electron chi connectivity index (χ1n) is 11.8. The zero-order valence-electron chi connectivity index (χ0n) is 19.3. The zero-order valence-corrected chi connectivity index (χ0v) is 19.3. The van der Waals surface area contributed by atoms with Gasteiger partial charge in [-0.2, -0.15) is 0 Å². The summed E-state index contributed by atoms with van der Waals surface area (Å²) < 4.78 is 5.35. The fourth-order valence-corrected chi connectivity index (χ4v) is 4.16. The highest BCUT2D eigenvalue weighted by atomic mass is 16.6. The van der Waals surface area contributed by atoms with Gasteiger partial charge in [0.1, 0.15) is 17.1 Å². The number of rotatable bonds is 3. The molecule has 2 heterocycles. The highest BCUT2D eigenvalue weighted by Crippen LogP contribution is 2.33. The maximum Gasteiger partial charge on any atom is 0.342 e. The molecule has 2 aliphatic rings. The standard InChI is InChI=1S/C25H34N2O6/c1-18-20-15-19(26-33-17-23(30)27-12-8-6-9-13-27)11-7-4-2-3-5-10-14-32-25(31)24(20)22(29)16-21(18)28/h3,5,16,28-29H,2,4,6-15,17H2,1H3/b5-3+,26-19-. The van der Waals surface area contributed by atoms with Gasteiger partial charge in [0.25, 0.3) is 5.91 Å². The Kier molecular flexibility index (Phi) is 9.15. The minimum absolute atomic E-state index is 0.0310. The molecule has 1 aromatic rings. The number of aromatic hydroxyl groups is 2. The molecule has 0 aliphatic carbocycles. The first-order chi connectivity index (χ1) is 16.0. The molecule has 0 aromatic heterocycles. The quantitative estimate of drug-likeness (QED) is 0.402. The summed E-state index contributed by atoms with van der Waals surface area (Å²) in [5, 5.41) is 24.9. The lowest BCUT2D eigenvalue weighted by molar-refractivity contribution is -0.137. The third kappa shape index (κ3) is 6.97. The molecule has 1 aromatic carbocycles. The van der Waals surface area contributed by atoms with Crippen LogP contribution in [0.5, 0.6) is 11.5 Å². The van der Waals surface area contributed by atoms with Gasteiger partial charge in [0.15, 0.2) is 6.61 Å². The van der Waals surface area contributed by atoms with Gasteiger partial charge in [-0.1, -0.05) is 17.3 Å². The molecular formula is C25H34N2O6. The van der Waals surface area contributed by atoms with E-state index < -0.39 is 5.97 Å². The van der Waals surface area contributed by atoms with Gasteiger partial charge in [0, 0.05) is 25.6 Å². The number of likely N-dealkylation sites (tertiary alicyclic amines) is 1. The lowest BCUT2D eigenvalue weighted by Gasteiger charge is -2.26. The molecule has 8 nitrogen and oxygen atoms in total. The molecule has 0 spiro atoms. The molecule has 2 aliphatic heterocycles. The zero-order chi connectivity index (χ0) is 23.6. The second-order valence-electron chi connectivity index (χ2n) is 8.58. The van der Waals surface area contributed by atoms with E-state index >= 15 is 0 Å². The molecule has 2 N–H and O–H groups in total. The number of phenolic OH excluding ortho intramolecular Hbond substituents is 2.